The molecular formula is C19H23N3O2. The molecule has 1 fully saturated rings. The smallest absolute Gasteiger partial charge is 0.255 e. The van der Waals surface area contributed by atoms with E-state index in [4.69, 9.17) is 4.74 Å². The third kappa shape index (κ3) is 4.04. The third-order valence-electron chi connectivity index (χ3n) is 4.26. The molecule has 0 atom stereocenters. The van der Waals surface area contributed by atoms with Gasteiger partial charge < -0.3 is 15.0 Å². The van der Waals surface area contributed by atoms with E-state index in [9.17, 15) is 4.79 Å². The van der Waals surface area contributed by atoms with Crippen LogP contribution in [0.25, 0.3) is 0 Å². The highest BCUT2D eigenvalue weighted by Crippen LogP contribution is 2.16. The summed E-state index contributed by atoms with van der Waals surface area (Å²) >= 11 is 0. The van der Waals surface area contributed by atoms with Crippen LogP contribution in [0.2, 0.25) is 0 Å². The zero-order valence-electron chi connectivity index (χ0n) is 14.0. The molecular weight excluding hydrogens is 302 g/mol. The minimum absolute atomic E-state index is 0.0800. The zero-order valence-corrected chi connectivity index (χ0v) is 14.0. The predicted molar refractivity (Wildman–Crippen MR) is 94.6 cm³/mol. The summed E-state index contributed by atoms with van der Waals surface area (Å²) in [5.41, 5.74) is 2.74. The summed E-state index contributed by atoms with van der Waals surface area (Å²) in [5.74, 6) is 0.948. The number of carbonyl (C=O) groups excluding carboxylic acids is 1. The van der Waals surface area contributed by atoms with Crippen molar-refractivity contribution in [2.24, 2.45) is 0 Å². The van der Waals surface area contributed by atoms with Crippen LogP contribution >= 0.6 is 0 Å². The fourth-order valence-electron chi connectivity index (χ4n) is 2.94. The predicted octanol–water partition coefficient (Wildman–Crippen LogP) is 2.98. The molecule has 0 unspecified atom stereocenters. The van der Waals surface area contributed by atoms with E-state index in [0.717, 1.165) is 50.3 Å². The molecule has 0 bridgehead atoms. The Balaban J connectivity index is 1.57. The van der Waals surface area contributed by atoms with Crippen molar-refractivity contribution in [3.63, 3.8) is 0 Å². The summed E-state index contributed by atoms with van der Waals surface area (Å²) in [6.07, 6.45) is 6.47. The van der Waals surface area contributed by atoms with E-state index >= 15 is 0 Å². The number of amides is 1. The van der Waals surface area contributed by atoms with Gasteiger partial charge in [-0.3, -0.25) is 9.78 Å². The molecule has 1 N–H and O–H groups in total. The first-order valence-corrected chi connectivity index (χ1v) is 8.37. The van der Waals surface area contributed by atoms with Gasteiger partial charge in [-0.2, -0.15) is 0 Å². The Morgan fingerprint density at radius 2 is 2.08 bits per heavy atom. The number of pyridine rings is 1. The maximum Gasteiger partial charge on any atom is 0.255 e. The fraction of sp³-hybridized carbons (Fsp3) is 0.368. The monoisotopic (exact) mass is 325 g/mol. The second-order valence-corrected chi connectivity index (χ2v) is 5.99. The Morgan fingerprint density at radius 1 is 1.25 bits per heavy atom. The highest BCUT2D eigenvalue weighted by Gasteiger charge is 2.19. The van der Waals surface area contributed by atoms with Crippen molar-refractivity contribution in [2.75, 3.05) is 32.1 Å². The third-order valence-corrected chi connectivity index (χ3v) is 4.26. The van der Waals surface area contributed by atoms with Crippen LogP contribution in [0, 0.1) is 0 Å². The lowest BCUT2D eigenvalue weighted by Crippen LogP contribution is -2.27. The van der Waals surface area contributed by atoms with E-state index in [-0.39, 0.29) is 5.91 Å². The molecule has 1 aliphatic rings. The maximum absolute atomic E-state index is 12.4. The number of anilines is 1. The molecule has 24 heavy (non-hydrogen) atoms. The molecule has 5 heteroatoms. The van der Waals surface area contributed by atoms with E-state index in [1.54, 1.807) is 19.5 Å². The second kappa shape index (κ2) is 7.81. The molecule has 1 saturated heterocycles. The van der Waals surface area contributed by atoms with Crippen molar-refractivity contribution in [2.45, 2.75) is 19.3 Å². The number of aromatic nitrogens is 1. The van der Waals surface area contributed by atoms with Gasteiger partial charge in [-0.1, -0.05) is 12.1 Å². The molecule has 0 saturated carbocycles. The van der Waals surface area contributed by atoms with Crippen LogP contribution in [0.1, 0.15) is 28.8 Å². The van der Waals surface area contributed by atoms with E-state index in [0.29, 0.717) is 5.56 Å². The first-order chi connectivity index (χ1) is 11.8. The summed E-state index contributed by atoms with van der Waals surface area (Å²) in [6, 6.07) is 9.93. The van der Waals surface area contributed by atoms with Gasteiger partial charge in [0.15, 0.2) is 0 Å². The van der Waals surface area contributed by atoms with E-state index < -0.39 is 0 Å². The van der Waals surface area contributed by atoms with Crippen molar-refractivity contribution in [3.8, 4) is 5.75 Å². The van der Waals surface area contributed by atoms with Crippen LogP contribution < -0.4 is 10.1 Å². The Hall–Kier alpha value is -2.56. The topological polar surface area (TPSA) is 54.5 Å². The lowest BCUT2D eigenvalue weighted by Gasteiger charge is -2.15. The molecule has 1 aromatic heterocycles. The summed E-state index contributed by atoms with van der Waals surface area (Å²) in [4.78, 5) is 18.5. The van der Waals surface area contributed by atoms with Gasteiger partial charge in [0.25, 0.3) is 5.91 Å². The standard InChI is InChI=1S/C19H23N3O2/c1-24-18-6-4-5-15(11-18)7-8-21-17-12-16(13-20-14-17)19(23)22-9-2-3-10-22/h4-6,11-14,21H,2-3,7-10H2,1H3. The number of rotatable bonds is 6. The van der Waals surface area contributed by atoms with Gasteiger partial charge in [0.1, 0.15) is 5.75 Å². The summed E-state index contributed by atoms with van der Waals surface area (Å²) < 4.78 is 5.24. The molecule has 2 heterocycles. The molecule has 1 aliphatic heterocycles. The molecule has 0 spiro atoms. The van der Waals surface area contributed by atoms with Crippen molar-refractivity contribution in [1.82, 2.24) is 9.88 Å². The van der Waals surface area contributed by atoms with E-state index in [1.165, 1.54) is 5.56 Å². The van der Waals surface area contributed by atoms with Gasteiger partial charge in [0.05, 0.1) is 18.4 Å². The van der Waals surface area contributed by atoms with Gasteiger partial charge >= 0.3 is 0 Å². The van der Waals surface area contributed by atoms with Crippen LogP contribution in [-0.2, 0) is 6.42 Å². The summed E-state index contributed by atoms with van der Waals surface area (Å²) in [5, 5.41) is 3.34. The number of nitrogens with one attached hydrogen (secondary N) is 1. The molecule has 0 radical (unpaired) electrons. The molecule has 5 nitrogen and oxygen atoms in total. The van der Waals surface area contributed by atoms with Gasteiger partial charge in [-0.05, 0) is 43.0 Å². The SMILES string of the molecule is COc1cccc(CCNc2cncc(C(=O)N3CCCC3)c2)c1. The minimum atomic E-state index is 0.0800. The van der Waals surface area contributed by atoms with Gasteiger partial charge in [0.2, 0.25) is 0 Å². The highest BCUT2D eigenvalue weighted by atomic mass is 16.5. The number of carbonyl (C=O) groups is 1. The van der Waals surface area contributed by atoms with Crippen LogP contribution in [0.15, 0.2) is 42.7 Å². The first-order valence-electron chi connectivity index (χ1n) is 8.37. The zero-order chi connectivity index (χ0) is 16.8. The van der Waals surface area contributed by atoms with Gasteiger partial charge in [0, 0.05) is 32.0 Å². The number of hydrogen-bond acceptors (Lipinski definition) is 4. The van der Waals surface area contributed by atoms with Crippen LogP contribution in [-0.4, -0.2) is 42.5 Å². The number of methoxy groups -OCH3 is 1. The summed E-state index contributed by atoms with van der Waals surface area (Å²) in [7, 11) is 1.67. The molecule has 2 aromatic rings. The number of likely N-dealkylation sites (tertiary alicyclic amines) is 1. The van der Waals surface area contributed by atoms with Crippen LogP contribution in [0.3, 0.4) is 0 Å². The molecule has 1 amide bonds. The average molecular weight is 325 g/mol. The maximum atomic E-state index is 12.4. The first kappa shape index (κ1) is 16.3. The highest BCUT2D eigenvalue weighted by molar-refractivity contribution is 5.94. The van der Waals surface area contributed by atoms with Crippen molar-refractivity contribution in [3.05, 3.63) is 53.9 Å². The van der Waals surface area contributed by atoms with Crippen LogP contribution in [0.5, 0.6) is 5.75 Å². The molecule has 126 valence electrons. The number of benzene rings is 1. The molecule has 3 rings (SSSR count). The van der Waals surface area contributed by atoms with E-state index in [1.807, 2.05) is 29.2 Å². The second-order valence-electron chi connectivity index (χ2n) is 5.99. The Morgan fingerprint density at radius 3 is 2.88 bits per heavy atom. The lowest BCUT2D eigenvalue weighted by molar-refractivity contribution is 0.0792. The van der Waals surface area contributed by atoms with Crippen molar-refractivity contribution >= 4 is 11.6 Å². The van der Waals surface area contributed by atoms with Crippen molar-refractivity contribution in [1.29, 1.82) is 0 Å². The Labute approximate surface area is 142 Å². The quantitative estimate of drug-likeness (QED) is 0.887. The summed E-state index contributed by atoms with van der Waals surface area (Å²) in [6.45, 7) is 2.48. The Kier molecular flexibility index (Phi) is 5.31. The van der Waals surface area contributed by atoms with Crippen LogP contribution in [0.4, 0.5) is 5.69 Å². The Bertz CT molecular complexity index is 697. The normalized spacial score (nSPS) is 13.8. The lowest BCUT2D eigenvalue weighted by atomic mass is 10.1. The van der Waals surface area contributed by atoms with Crippen molar-refractivity contribution < 1.29 is 9.53 Å². The van der Waals surface area contributed by atoms with E-state index in [2.05, 4.69) is 16.4 Å². The number of hydrogen-bond donors (Lipinski definition) is 1. The minimum Gasteiger partial charge on any atom is -0.497 e. The average Bonchev–Trinajstić information content (AvgIpc) is 3.16. The van der Waals surface area contributed by atoms with Gasteiger partial charge in [-0.25, -0.2) is 0 Å². The number of nitrogens with zero attached hydrogens (tertiary/aromatic N) is 2. The number of ether oxygens (including phenoxy) is 1. The largest absolute Gasteiger partial charge is 0.497 e. The molecule has 0 aliphatic carbocycles. The molecule has 1 aromatic carbocycles. The fourth-order valence-corrected chi connectivity index (χ4v) is 2.94. The van der Waals surface area contributed by atoms with Gasteiger partial charge in [-0.15, -0.1) is 0 Å².